The summed E-state index contributed by atoms with van der Waals surface area (Å²) in [6, 6.07) is 10.0. The van der Waals surface area contributed by atoms with E-state index >= 15 is 0 Å². The van der Waals surface area contributed by atoms with Gasteiger partial charge in [-0.15, -0.1) is 0 Å². The lowest BCUT2D eigenvalue weighted by atomic mass is 10.1. The topological polar surface area (TPSA) is 34.5 Å². The molecule has 2 heterocycles. The fourth-order valence-corrected chi connectivity index (χ4v) is 3.33. The van der Waals surface area contributed by atoms with E-state index in [0.717, 1.165) is 55.0 Å². The van der Waals surface area contributed by atoms with Crippen molar-refractivity contribution in [2.24, 2.45) is 0 Å². The van der Waals surface area contributed by atoms with Gasteiger partial charge in [-0.3, -0.25) is 4.79 Å². The van der Waals surface area contributed by atoms with E-state index in [0.29, 0.717) is 0 Å². The van der Waals surface area contributed by atoms with Crippen molar-refractivity contribution in [3.8, 4) is 16.9 Å². The zero-order chi connectivity index (χ0) is 16.9. The van der Waals surface area contributed by atoms with Gasteiger partial charge >= 0.3 is 0 Å². The molecule has 1 fully saturated rings. The number of benzene rings is 1. The maximum atomic E-state index is 13.0. The van der Waals surface area contributed by atoms with E-state index in [1.165, 1.54) is 12.8 Å². The Morgan fingerprint density at radius 3 is 2.29 bits per heavy atom. The first-order valence-electron chi connectivity index (χ1n) is 8.87. The van der Waals surface area contributed by atoms with E-state index in [-0.39, 0.29) is 5.91 Å². The highest BCUT2D eigenvalue weighted by Crippen LogP contribution is 2.26. The summed E-state index contributed by atoms with van der Waals surface area (Å²) in [5.41, 5.74) is 2.98. The molecule has 24 heavy (non-hydrogen) atoms. The molecule has 0 saturated carbocycles. The van der Waals surface area contributed by atoms with Gasteiger partial charge in [0, 0.05) is 31.4 Å². The molecule has 1 amide bonds. The number of carbonyl (C=O) groups excluding carboxylic acids is 1. The van der Waals surface area contributed by atoms with Gasteiger partial charge in [-0.1, -0.05) is 25.0 Å². The van der Waals surface area contributed by atoms with Gasteiger partial charge in [-0.25, -0.2) is 0 Å². The highest BCUT2D eigenvalue weighted by Gasteiger charge is 2.21. The first-order valence-corrected chi connectivity index (χ1v) is 8.87. The standard InChI is InChI=1S/C20H26N2O2/c1-3-21-15-17(16-8-10-18(24-2)11-9-16)14-19(21)20(23)22-12-6-4-5-7-13-22/h8-11,14-15H,3-7,12-13H2,1-2H3. The van der Waals surface area contributed by atoms with E-state index in [2.05, 4.69) is 17.7 Å². The molecule has 1 aromatic heterocycles. The molecule has 1 aliphatic rings. The maximum absolute atomic E-state index is 13.0. The summed E-state index contributed by atoms with van der Waals surface area (Å²) in [5, 5.41) is 0. The lowest BCUT2D eigenvalue weighted by molar-refractivity contribution is 0.0751. The minimum atomic E-state index is 0.165. The number of methoxy groups -OCH3 is 1. The number of rotatable bonds is 4. The van der Waals surface area contributed by atoms with Crippen LogP contribution in [0.2, 0.25) is 0 Å². The molecule has 0 atom stereocenters. The van der Waals surface area contributed by atoms with Gasteiger partial charge in [0.2, 0.25) is 0 Å². The largest absolute Gasteiger partial charge is 0.497 e. The zero-order valence-corrected chi connectivity index (χ0v) is 14.6. The molecular formula is C20H26N2O2. The molecular weight excluding hydrogens is 300 g/mol. The second kappa shape index (κ2) is 7.56. The van der Waals surface area contributed by atoms with Crippen molar-refractivity contribution < 1.29 is 9.53 Å². The Balaban J connectivity index is 1.87. The van der Waals surface area contributed by atoms with Crippen LogP contribution < -0.4 is 4.74 Å². The lowest BCUT2D eigenvalue weighted by Gasteiger charge is -2.20. The molecule has 3 rings (SSSR count). The van der Waals surface area contributed by atoms with Crippen LogP contribution in [0.1, 0.15) is 43.1 Å². The summed E-state index contributed by atoms with van der Waals surface area (Å²) in [5.74, 6) is 1.01. The van der Waals surface area contributed by atoms with Gasteiger partial charge < -0.3 is 14.2 Å². The minimum Gasteiger partial charge on any atom is -0.497 e. The summed E-state index contributed by atoms with van der Waals surface area (Å²) >= 11 is 0. The molecule has 0 bridgehead atoms. The van der Waals surface area contributed by atoms with E-state index in [9.17, 15) is 4.79 Å². The van der Waals surface area contributed by atoms with Crippen molar-refractivity contribution in [1.82, 2.24) is 9.47 Å². The van der Waals surface area contributed by atoms with Crippen LogP contribution >= 0.6 is 0 Å². The molecule has 1 aliphatic heterocycles. The Morgan fingerprint density at radius 1 is 1.04 bits per heavy atom. The Kier molecular flexibility index (Phi) is 5.24. The molecule has 1 saturated heterocycles. The second-order valence-electron chi connectivity index (χ2n) is 6.33. The molecule has 128 valence electrons. The van der Waals surface area contributed by atoms with Crippen LogP contribution in [0.4, 0.5) is 0 Å². The summed E-state index contributed by atoms with van der Waals surface area (Å²) < 4.78 is 7.28. The van der Waals surface area contributed by atoms with Crippen LogP contribution in [0.3, 0.4) is 0 Å². The number of likely N-dealkylation sites (tertiary alicyclic amines) is 1. The van der Waals surface area contributed by atoms with Crippen molar-refractivity contribution in [1.29, 1.82) is 0 Å². The molecule has 1 aromatic carbocycles. The molecule has 0 radical (unpaired) electrons. The quantitative estimate of drug-likeness (QED) is 0.844. The van der Waals surface area contributed by atoms with Crippen LogP contribution in [-0.4, -0.2) is 35.6 Å². The molecule has 0 spiro atoms. The third-order valence-corrected chi connectivity index (χ3v) is 4.77. The highest BCUT2D eigenvalue weighted by molar-refractivity contribution is 5.94. The summed E-state index contributed by atoms with van der Waals surface area (Å²) in [6.45, 7) is 4.64. The van der Waals surface area contributed by atoms with Crippen LogP contribution in [-0.2, 0) is 6.54 Å². The van der Waals surface area contributed by atoms with Crippen LogP contribution in [0, 0.1) is 0 Å². The Labute approximate surface area is 144 Å². The maximum Gasteiger partial charge on any atom is 0.270 e. The minimum absolute atomic E-state index is 0.165. The van der Waals surface area contributed by atoms with Crippen molar-refractivity contribution in [3.63, 3.8) is 0 Å². The first-order chi connectivity index (χ1) is 11.7. The van der Waals surface area contributed by atoms with Gasteiger partial charge in [0.05, 0.1) is 7.11 Å². The van der Waals surface area contributed by atoms with Crippen molar-refractivity contribution >= 4 is 5.91 Å². The van der Waals surface area contributed by atoms with E-state index in [1.54, 1.807) is 7.11 Å². The fraction of sp³-hybridized carbons (Fsp3) is 0.450. The summed E-state index contributed by atoms with van der Waals surface area (Å²) in [6.07, 6.45) is 6.77. The number of amides is 1. The van der Waals surface area contributed by atoms with Crippen molar-refractivity contribution in [2.45, 2.75) is 39.2 Å². The predicted molar refractivity (Wildman–Crippen MR) is 96.5 cm³/mol. The Morgan fingerprint density at radius 2 is 1.71 bits per heavy atom. The van der Waals surface area contributed by atoms with Gasteiger partial charge in [0.15, 0.2) is 0 Å². The lowest BCUT2D eigenvalue weighted by Crippen LogP contribution is -2.33. The number of nitrogens with zero attached hydrogens (tertiary/aromatic N) is 2. The van der Waals surface area contributed by atoms with Crippen LogP contribution in [0.5, 0.6) is 5.75 Å². The number of hydrogen-bond acceptors (Lipinski definition) is 2. The molecule has 0 N–H and O–H groups in total. The highest BCUT2D eigenvalue weighted by atomic mass is 16.5. The van der Waals surface area contributed by atoms with E-state index < -0.39 is 0 Å². The average molecular weight is 326 g/mol. The summed E-state index contributed by atoms with van der Waals surface area (Å²) in [4.78, 5) is 15.0. The van der Waals surface area contributed by atoms with Crippen molar-refractivity contribution in [2.75, 3.05) is 20.2 Å². The number of aryl methyl sites for hydroxylation is 1. The number of aromatic nitrogens is 1. The smallest absolute Gasteiger partial charge is 0.270 e. The van der Waals surface area contributed by atoms with Crippen molar-refractivity contribution in [3.05, 3.63) is 42.2 Å². The second-order valence-corrected chi connectivity index (χ2v) is 6.33. The SMILES string of the molecule is CCn1cc(-c2ccc(OC)cc2)cc1C(=O)N1CCCCCC1. The number of hydrogen-bond donors (Lipinski definition) is 0. The van der Waals surface area contributed by atoms with Gasteiger partial charge in [-0.2, -0.15) is 0 Å². The molecule has 0 unspecified atom stereocenters. The van der Waals surface area contributed by atoms with E-state index in [4.69, 9.17) is 4.74 Å². The van der Waals surface area contributed by atoms with Gasteiger partial charge in [-0.05, 0) is 43.5 Å². The number of carbonyl (C=O) groups is 1. The normalized spacial score (nSPS) is 15.2. The van der Waals surface area contributed by atoms with Gasteiger partial charge in [0.25, 0.3) is 5.91 Å². The zero-order valence-electron chi connectivity index (χ0n) is 14.6. The molecule has 4 heteroatoms. The van der Waals surface area contributed by atoms with Crippen LogP contribution in [0.15, 0.2) is 36.5 Å². The number of ether oxygens (including phenoxy) is 1. The van der Waals surface area contributed by atoms with Gasteiger partial charge in [0.1, 0.15) is 11.4 Å². The fourth-order valence-electron chi connectivity index (χ4n) is 3.33. The molecule has 4 nitrogen and oxygen atoms in total. The van der Waals surface area contributed by atoms with Crippen LogP contribution in [0.25, 0.3) is 11.1 Å². The average Bonchev–Trinajstić information content (AvgIpc) is 2.87. The molecule has 2 aromatic rings. The molecule has 0 aliphatic carbocycles. The Bertz CT molecular complexity index is 680. The Hall–Kier alpha value is -2.23. The third kappa shape index (κ3) is 3.48. The third-order valence-electron chi connectivity index (χ3n) is 4.77. The van der Waals surface area contributed by atoms with E-state index in [1.807, 2.05) is 35.2 Å². The predicted octanol–water partition coefficient (Wildman–Crippen LogP) is 4.20. The first kappa shape index (κ1) is 16.6. The monoisotopic (exact) mass is 326 g/mol. The summed E-state index contributed by atoms with van der Waals surface area (Å²) in [7, 11) is 1.67.